The molecule has 0 spiro atoms. The maximum Gasteiger partial charge on any atom is 0.254 e. The molecule has 3 rings (SSSR count). The monoisotopic (exact) mass is 342 g/mol. The molecule has 1 fully saturated rings. The lowest BCUT2D eigenvalue weighted by Crippen LogP contribution is -2.38. The van der Waals surface area contributed by atoms with Crippen molar-refractivity contribution in [2.75, 3.05) is 26.2 Å². The summed E-state index contributed by atoms with van der Waals surface area (Å²) in [7, 11) is 0. The Bertz CT molecular complexity index is 712. The van der Waals surface area contributed by atoms with E-state index in [-0.39, 0.29) is 11.8 Å². The van der Waals surface area contributed by atoms with E-state index in [1.807, 2.05) is 58.5 Å². The summed E-state index contributed by atoms with van der Waals surface area (Å²) in [5.74, 6) is 0.225. The zero-order chi connectivity index (χ0) is 16.9. The van der Waals surface area contributed by atoms with E-state index in [4.69, 9.17) is 0 Å². The zero-order valence-electron chi connectivity index (χ0n) is 13.9. The lowest BCUT2D eigenvalue weighted by atomic mass is 10.1. The molecule has 2 aromatic rings. The number of thiophene rings is 1. The van der Waals surface area contributed by atoms with Gasteiger partial charge in [0.05, 0.1) is 6.42 Å². The van der Waals surface area contributed by atoms with E-state index in [1.54, 1.807) is 11.3 Å². The molecule has 0 radical (unpaired) electrons. The number of benzene rings is 1. The summed E-state index contributed by atoms with van der Waals surface area (Å²) in [5, 5.41) is 1.99. The average molecular weight is 342 g/mol. The summed E-state index contributed by atoms with van der Waals surface area (Å²) in [4.78, 5) is 30.0. The maximum absolute atomic E-state index is 12.7. The third-order valence-corrected chi connectivity index (χ3v) is 5.29. The Kier molecular flexibility index (Phi) is 5.30. The fourth-order valence-corrected chi connectivity index (χ4v) is 3.72. The molecule has 5 heteroatoms. The number of rotatable bonds is 3. The molecule has 2 amide bonds. The van der Waals surface area contributed by atoms with E-state index in [1.165, 1.54) is 0 Å². The SMILES string of the molecule is Cc1ccccc1C(=O)N1CCCN(C(=O)Cc2cccs2)CC1. The van der Waals surface area contributed by atoms with Crippen molar-refractivity contribution in [1.29, 1.82) is 0 Å². The predicted molar refractivity (Wildman–Crippen MR) is 96.3 cm³/mol. The Balaban J connectivity index is 1.61. The van der Waals surface area contributed by atoms with Crippen LogP contribution in [0.1, 0.15) is 27.2 Å². The first-order valence-electron chi connectivity index (χ1n) is 8.30. The molecule has 24 heavy (non-hydrogen) atoms. The predicted octanol–water partition coefficient (Wildman–Crippen LogP) is 2.97. The standard InChI is InChI=1S/C19H22N2O2S/c1-15-6-2-3-8-17(15)19(23)21-10-5-9-20(11-12-21)18(22)14-16-7-4-13-24-16/h2-4,6-8,13H,5,9-12,14H2,1H3. The number of carbonyl (C=O) groups is 2. The van der Waals surface area contributed by atoms with Crippen molar-refractivity contribution < 1.29 is 9.59 Å². The number of aryl methyl sites for hydroxylation is 1. The second-order valence-electron chi connectivity index (χ2n) is 6.10. The number of amides is 2. The van der Waals surface area contributed by atoms with Gasteiger partial charge in [0.15, 0.2) is 0 Å². The molecule has 0 saturated carbocycles. The Morgan fingerprint density at radius 2 is 1.75 bits per heavy atom. The number of hydrogen-bond donors (Lipinski definition) is 0. The van der Waals surface area contributed by atoms with Crippen molar-refractivity contribution in [3.8, 4) is 0 Å². The van der Waals surface area contributed by atoms with Crippen molar-refractivity contribution in [2.45, 2.75) is 19.8 Å². The minimum atomic E-state index is 0.0701. The molecule has 0 unspecified atom stereocenters. The molecule has 1 aliphatic heterocycles. The van der Waals surface area contributed by atoms with Gasteiger partial charge >= 0.3 is 0 Å². The first-order valence-corrected chi connectivity index (χ1v) is 9.18. The van der Waals surface area contributed by atoms with Gasteiger partial charge in [-0.25, -0.2) is 0 Å². The number of nitrogens with zero attached hydrogens (tertiary/aromatic N) is 2. The van der Waals surface area contributed by atoms with Crippen molar-refractivity contribution in [3.05, 3.63) is 57.8 Å². The van der Waals surface area contributed by atoms with Gasteiger partial charge in [-0.1, -0.05) is 24.3 Å². The van der Waals surface area contributed by atoms with Gasteiger partial charge < -0.3 is 9.80 Å². The first-order chi connectivity index (χ1) is 11.6. The fourth-order valence-electron chi connectivity index (χ4n) is 3.03. The van der Waals surface area contributed by atoms with Gasteiger partial charge in [0, 0.05) is 36.6 Å². The van der Waals surface area contributed by atoms with Gasteiger partial charge in [-0.15, -0.1) is 11.3 Å². The van der Waals surface area contributed by atoms with Gasteiger partial charge in [-0.3, -0.25) is 9.59 Å². The summed E-state index contributed by atoms with van der Waals surface area (Å²) < 4.78 is 0. The van der Waals surface area contributed by atoms with Gasteiger partial charge in [-0.2, -0.15) is 0 Å². The van der Waals surface area contributed by atoms with Gasteiger partial charge in [0.25, 0.3) is 5.91 Å². The Hall–Kier alpha value is -2.14. The van der Waals surface area contributed by atoms with Crippen LogP contribution < -0.4 is 0 Å². The highest BCUT2D eigenvalue weighted by molar-refractivity contribution is 7.10. The van der Waals surface area contributed by atoms with E-state index < -0.39 is 0 Å². The van der Waals surface area contributed by atoms with Crippen molar-refractivity contribution in [3.63, 3.8) is 0 Å². The van der Waals surface area contributed by atoms with Crippen LogP contribution in [0.2, 0.25) is 0 Å². The number of hydrogen-bond acceptors (Lipinski definition) is 3. The minimum Gasteiger partial charge on any atom is -0.341 e. The van der Waals surface area contributed by atoms with Crippen molar-refractivity contribution in [1.82, 2.24) is 9.80 Å². The Morgan fingerprint density at radius 3 is 2.50 bits per heavy atom. The number of carbonyl (C=O) groups excluding carboxylic acids is 2. The maximum atomic E-state index is 12.7. The second kappa shape index (κ2) is 7.62. The van der Waals surface area contributed by atoms with Crippen molar-refractivity contribution >= 4 is 23.2 Å². The normalized spacial score (nSPS) is 15.2. The molecule has 0 N–H and O–H groups in total. The molecule has 1 aromatic heterocycles. The lowest BCUT2D eigenvalue weighted by molar-refractivity contribution is -0.130. The first kappa shape index (κ1) is 16.7. The molecular weight excluding hydrogens is 320 g/mol. The zero-order valence-corrected chi connectivity index (χ0v) is 14.7. The van der Waals surface area contributed by atoms with E-state index in [9.17, 15) is 9.59 Å². The largest absolute Gasteiger partial charge is 0.341 e. The summed E-state index contributed by atoms with van der Waals surface area (Å²) in [5.41, 5.74) is 1.76. The topological polar surface area (TPSA) is 40.6 Å². The van der Waals surface area contributed by atoms with Crippen LogP contribution in [0, 0.1) is 6.92 Å². The Morgan fingerprint density at radius 1 is 1.00 bits per heavy atom. The average Bonchev–Trinajstić information content (AvgIpc) is 2.96. The molecule has 0 atom stereocenters. The van der Waals surface area contributed by atoms with Gasteiger partial charge in [0.1, 0.15) is 0 Å². The molecule has 0 aliphatic carbocycles. The quantitative estimate of drug-likeness (QED) is 0.860. The molecule has 0 bridgehead atoms. The van der Waals surface area contributed by atoms with Crippen LogP contribution in [0.25, 0.3) is 0 Å². The molecule has 1 saturated heterocycles. The molecule has 1 aromatic carbocycles. The second-order valence-corrected chi connectivity index (χ2v) is 7.13. The minimum absolute atomic E-state index is 0.0701. The summed E-state index contributed by atoms with van der Waals surface area (Å²) in [6.07, 6.45) is 1.29. The highest BCUT2D eigenvalue weighted by Gasteiger charge is 2.23. The molecular formula is C19H22N2O2S. The van der Waals surface area contributed by atoms with Gasteiger partial charge in [-0.05, 0) is 36.4 Å². The van der Waals surface area contributed by atoms with E-state index in [0.29, 0.717) is 26.1 Å². The van der Waals surface area contributed by atoms with Crippen LogP contribution in [0.4, 0.5) is 0 Å². The molecule has 4 nitrogen and oxygen atoms in total. The van der Waals surface area contributed by atoms with Crippen LogP contribution >= 0.6 is 11.3 Å². The summed E-state index contributed by atoms with van der Waals surface area (Å²) in [6, 6.07) is 11.6. The molecule has 2 heterocycles. The third kappa shape index (κ3) is 3.85. The molecule has 1 aliphatic rings. The molecule has 126 valence electrons. The van der Waals surface area contributed by atoms with E-state index >= 15 is 0 Å². The van der Waals surface area contributed by atoms with E-state index in [0.717, 1.165) is 29.0 Å². The van der Waals surface area contributed by atoms with Crippen LogP contribution in [-0.2, 0) is 11.2 Å². The Labute approximate surface area is 146 Å². The lowest BCUT2D eigenvalue weighted by Gasteiger charge is -2.22. The van der Waals surface area contributed by atoms with Gasteiger partial charge in [0.2, 0.25) is 5.91 Å². The summed E-state index contributed by atoms with van der Waals surface area (Å²) in [6.45, 7) is 4.60. The van der Waals surface area contributed by atoms with Crippen LogP contribution in [-0.4, -0.2) is 47.8 Å². The highest BCUT2D eigenvalue weighted by atomic mass is 32.1. The smallest absolute Gasteiger partial charge is 0.254 e. The van der Waals surface area contributed by atoms with Crippen LogP contribution in [0.3, 0.4) is 0 Å². The van der Waals surface area contributed by atoms with Crippen LogP contribution in [0.5, 0.6) is 0 Å². The van der Waals surface area contributed by atoms with Crippen molar-refractivity contribution in [2.24, 2.45) is 0 Å². The van der Waals surface area contributed by atoms with E-state index in [2.05, 4.69) is 0 Å². The fraction of sp³-hybridized carbons (Fsp3) is 0.368. The van der Waals surface area contributed by atoms with Crippen LogP contribution in [0.15, 0.2) is 41.8 Å². The highest BCUT2D eigenvalue weighted by Crippen LogP contribution is 2.15. The third-order valence-electron chi connectivity index (χ3n) is 4.42. The summed E-state index contributed by atoms with van der Waals surface area (Å²) >= 11 is 1.61.